The van der Waals surface area contributed by atoms with Gasteiger partial charge in [-0.1, -0.05) is 47.0 Å². The average molecular weight is 405 g/mol. The molecule has 0 aromatic heterocycles. The number of hydrogen-bond acceptors (Lipinski definition) is 2. The highest BCUT2D eigenvalue weighted by Gasteiger charge is 2.64. The van der Waals surface area contributed by atoms with Crippen molar-refractivity contribution >= 4 is 5.97 Å². The summed E-state index contributed by atoms with van der Waals surface area (Å²) in [6, 6.07) is 0. The fourth-order valence-corrected chi connectivity index (χ4v) is 9.68. The van der Waals surface area contributed by atoms with Crippen molar-refractivity contribution in [3.8, 4) is 0 Å². The zero-order chi connectivity index (χ0) is 21.0. The zero-order valence-electron chi connectivity index (χ0n) is 19.2. The van der Waals surface area contributed by atoms with E-state index in [-0.39, 0.29) is 17.9 Å². The minimum Gasteiger partial charge on any atom is -0.481 e. The largest absolute Gasteiger partial charge is 0.481 e. The van der Waals surface area contributed by atoms with E-state index >= 15 is 0 Å². The lowest BCUT2D eigenvalue weighted by Gasteiger charge is -2.64. The van der Waals surface area contributed by atoms with Gasteiger partial charge in [-0.25, -0.2) is 0 Å². The molecule has 3 nitrogen and oxygen atoms in total. The lowest BCUT2D eigenvalue weighted by molar-refractivity contribution is -0.187. The fourth-order valence-electron chi connectivity index (χ4n) is 9.68. The molecule has 2 N–H and O–H groups in total. The predicted octanol–water partition coefficient (Wildman–Crippen LogP) is 6.14. The molecule has 4 rings (SSSR count). The van der Waals surface area contributed by atoms with E-state index in [2.05, 4.69) is 27.7 Å². The molecule has 4 aliphatic carbocycles. The van der Waals surface area contributed by atoms with Crippen LogP contribution in [0.4, 0.5) is 0 Å². The molecule has 3 unspecified atom stereocenters. The molecule has 10 atom stereocenters. The summed E-state index contributed by atoms with van der Waals surface area (Å²) < 4.78 is 0. The Kier molecular flexibility index (Phi) is 5.86. The summed E-state index contributed by atoms with van der Waals surface area (Å²) in [6.45, 7) is 9.67. The monoisotopic (exact) mass is 404 g/mol. The number of carbonyl (C=O) groups is 1. The number of fused-ring (bicyclic) bond motifs is 5. The van der Waals surface area contributed by atoms with Crippen LogP contribution in [-0.4, -0.2) is 22.3 Å². The first-order valence-corrected chi connectivity index (χ1v) is 12.6. The second kappa shape index (κ2) is 7.84. The topological polar surface area (TPSA) is 57.5 Å². The van der Waals surface area contributed by atoms with Gasteiger partial charge in [0, 0.05) is 6.42 Å². The SMILES string of the molecule is CC[C@H]1CC2C3CC[C@H]([C@H](C)CCC(=O)O)[C@@]3(C)C[C@H](O)C2[C@@]2(C)CCCC[C@@H]12. The quantitative estimate of drug-likeness (QED) is 0.578. The van der Waals surface area contributed by atoms with Crippen LogP contribution in [0.15, 0.2) is 0 Å². The van der Waals surface area contributed by atoms with Crippen LogP contribution in [-0.2, 0) is 4.79 Å². The van der Waals surface area contributed by atoms with E-state index in [1.165, 1.54) is 51.4 Å². The lowest BCUT2D eigenvalue weighted by atomic mass is 9.41. The highest BCUT2D eigenvalue weighted by molar-refractivity contribution is 5.66. The van der Waals surface area contributed by atoms with Crippen LogP contribution >= 0.6 is 0 Å². The Morgan fingerprint density at radius 3 is 2.55 bits per heavy atom. The Hall–Kier alpha value is -0.570. The summed E-state index contributed by atoms with van der Waals surface area (Å²) in [7, 11) is 0. The van der Waals surface area contributed by atoms with Crippen LogP contribution in [0, 0.1) is 52.3 Å². The molecule has 0 aromatic carbocycles. The molecule has 4 saturated carbocycles. The highest BCUT2D eigenvalue weighted by atomic mass is 16.4. The van der Waals surface area contributed by atoms with Crippen molar-refractivity contribution in [1.29, 1.82) is 0 Å². The van der Waals surface area contributed by atoms with E-state index in [1.807, 2.05) is 0 Å². The van der Waals surface area contributed by atoms with Crippen molar-refractivity contribution in [2.75, 3.05) is 0 Å². The van der Waals surface area contributed by atoms with Crippen LogP contribution in [0.5, 0.6) is 0 Å². The molecule has 0 radical (unpaired) electrons. The number of rotatable bonds is 5. The second-order valence-corrected chi connectivity index (χ2v) is 11.9. The molecule has 4 fully saturated rings. The summed E-state index contributed by atoms with van der Waals surface area (Å²) >= 11 is 0. The van der Waals surface area contributed by atoms with E-state index in [9.17, 15) is 9.90 Å². The Balaban J connectivity index is 1.61. The van der Waals surface area contributed by atoms with Gasteiger partial charge in [0.1, 0.15) is 0 Å². The third-order valence-corrected chi connectivity index (χ3v) is 10.8. The van der Waals surface area contributed by atoms with Crippen molar-refractivity contribution in [3.05, 3.63) is 0 Å². The minimum atomic E-state index is -0.672. The van der Waals surface area contributed by atoms with E-state index in [0.29, 0.717) is 29.1 Å². The maximum Gasteiger partial charge on any atom is 0.303 e. The number of carboxylic acid groups (broad SMARTS) is 1. The smallest absolute Gasteiger partial charge is 0.303 e. The van der Waals surface area contributed by atoms with Gasteiger partial charge in [-0.15, -0.1) is 0 Å². The van der Waals surface area contributed by atoms with Crippen LogP contribution < -0.4 is 0 Å². The number of hydrogen-bond donors (Lipinski definition) is 2. The summed E-state index contributed by atoms with van der Waals surface area (Å²) in [4.78, 5) is 11.1. The Morgan fingerprint density at radius 2 is 1.86 bits per heavy atom. The maximum absolute atomic E-state index is 11.6. The third-order valence-electron chi connectivity index (χ3n) is 10.8. The van der Waals surface area contributed by atoms with Gasteiger partial charge in [0.25, 0.3) is 0 Å². The van der Waals surface area contributed by atoms with Gasteiger partial charge in [-0.3, -0.25) is 4.79 Å². The van der Waals surface area contributed by atoms with Crippen LogP contribution in [0.3, 0.4) is 0 Å². The number of aliphatic hydroxyl groups excluding tert-OH is 1. The van der Waals surface area contributed by atoms with Crippen molar-refractivity contribution in [3.63, 3.8) is 0 Å². The van der Waals surface area contributed by atoms with Crippen molar-refractivity contribution in [2.45, 2.75) is 104 Å². The fraction of sp³-hybridized carbons (Fsp3) is 0.962. The van der Waals surface area contributed by atoms with Crippen molar-refractivity contribution < 1.29 is 15.0 Å². The van der Waals surface area contributed by atoms with Gasteiger partial charge in [0.15, 0.2) is 0 Å². The second-order valence-electron chi connectivity index (χ2n) is 11.9. The van der Waals surface area contributed by atoms with Gasteiger partial charge in [-0.2, -0.15) is 0 Å². The molecular weight excluding hydrogens is 360 g/mol. The average Bonchev–Trinajstić information content (AvgIpc) is 3.01. The molecule has 4 aliphatic rings. The molecular formula is C26H44O3. The molecule has 0 heterocycles. The van der Waals surface area contributed by atoms with Crippen LogP contribution in [0.2, 0.25) is 0 Å². The first-order valence-electron chi connectivity index (χ1n) is 12.6. The number of aliphatic hydroxyl groups is 1. The van der Waals surface area contributed by atoms with Gasteiger partial charge in [-0.05, 0) is 97.2 Å². The molecule has 29 heavy (non-hydrogen) atoms. The minimum absolute atomic E-state index is 0.170. The lowest BCUT2D eigenvalue weighted by Crippen LogP contribution is -2.60. The Labute approximate surface area is 178 Å². The molecule has 0 bridgehead atoms. The van der Waals surface area contributed by atoms with Gasteiger partial charge < -0.3 is 10.2 Å². The molecule has 3 heteroatoms. The van der Waals surface area contributed by atoms with Gasteiger partial charge >= 0.3 is 5.97 Å². The highest BCUT2D eigenvalue weighted by Crippen LogP contribution is 2.69. The first kappa shape index (κ1) is 21.7. The van der Waals surface area contributed by atoms with E-state index in [4.69, 9.17) is 5.11 Å². The maximum atomic E-state index is 11.6. The summed E-state index contributed by atoms with van der Waals surface area (Å²) in [5.74, 6) is 3.86. The Morgan fingerprint density at radius 1 is 1.10 bits per heavy atom. The summed E-state index contributed by atoms with van der Waals surface area (Å²) in [5.41, 5.74) is 0.518. The van der Waals surface area contributed by atoms with Crippen molar-refractivity contribution in [1.82, 2.24) is 0 Å². The first-order chi connectivity index (χ1) is 13.7. The Bertz CT molecular complexity index is 617. The standard InChI is InChI=1S/C26H44O3/c1-5-17-14-18-21-11-10-19(16(2)9-12-23(28)29)26(21,4)15-22(27)24(18)25(3)13-7-6-8-20(17)25/h16-22,24,27H,5-15H2,1-4H3,(H,28,29)/t16-,17+,18?,19-,20+,21?,22+,24?,25+,26-/m1/s1. The summed E-state index contributed by atoms with van der Waals surface area (Å²) in [6.07, 6.45) is 12.4. The van der Waals surface area contributed by atoms with Crippen LogP contribution in [0.25, 0.3) is 0 Å². The molecule has 166 valence electrons. The summed E-state index contributed by atoms with van der Waals surface area (Å²) in [5, 5.41) is 20.8. The van der Waals surface area contributed by atoms with E-state index < -0.39 is 5.97 Å². The van der Waals surface area contributed by atoms with Gasteiger partial charge in [0.05, 0.1) is 6.10 Å². The van der Waals surface area contributed by atoms with Gasteiger partial charge in [0.2, 0.25) is 0 Å². The molecule has 0 saturated heterocycles. The normalized spacial score (nSPS) is 50.3. The predicted molar refractivity (Wildman–Crippen MR) is 116 cm³/mol. The molecule has 0 spiro atoms. The van der Waals surface area contributed by atoms with E-state index in [1.54, 1.807) is 0 Å². The molecule has 0 amide bonds. The van der Waals surface area contributed by atoms with Crippen LogP contribution in [0.1, 0.15) is 98.3 Å². The molecule has 0 aromatic rings. The number of carboxylic acids is 1. The number of aliphatic carboxylic acids is 1. The van der Waals surface area contributed by atoms with Crippen molar-refractivity contribution in [2.24, 2.45) is 52.3 Å². The zero-order valence-corrected chi connectivity index (χ0v) is 19.2. The van der Waals surface area contributed by atoms with E-state index in [0.717, 1.165) is 30.6 Å². The molecule has 0 aliphatic heterocycles. The third kappa shape index (κ3) is 3.38.